The fourth-order valence-corrected chi connectivity index (χ4v) is 5.12. The Hall–Kier alpha value is 0.270. The highest BCUT2D eigenvalue weighted by atomic mass is 32.2. The third-order valence-electron chi connectivity index (χ3n) is 4.82. The lowest BCUT2D eigenvalue weighted by Gasteiger charge is -2.48. The average molecular weight is 226 g/mol. The second kappa shape index (κ2) is 3.94. The zero-order valence-corrected chi connectivity index (χ0v) is 10.3. The van der Waals surface area contributed by atoms with Gasteiger partial charge in [-0.3, -0.25) is 4.90 Å². The Balaban J connectivity index is 1.77. The molecule has 2 saturated heterocycles. The highest BCUT2D eigenvalue weighted by Crippen LogP contribution is 2.44. The van der Waals surface area contributed by atoms with Crippen LogP contribution in [0.2, 0.25) is 0 Å². The van der Waals surface area contributed by atoms with Crippen LogP contribution in [0.3, 0.4) is 0 Å². The maximum Gasteiger partial charge on any atom is 0.0350 e. The Labute approximate surface area is 97.0 Å². The second-order valence-corrected chi connectivity index (χ2v) is 6.75. The van der Waals surface area contributed by atoms with Crippen LogP contribution in [-0.4, -0.2) is 41.1 Å². The fraction of sp³-hybridized carbons (Fsp3) is 1.00. The monoisotopic (exact) mass is 226 g/mol. The van der Waals surface area contributed by atoms with E-state index >= 15 is 0 Å². The van der Waals surface area contributed by atoms with Crippen molar-refractivity contribution in [2.75, 3.05) is 24.6 Å². The Morgan fingerprint density at radius 1 is 1.27 bits per heavy atom. The van der Waals surface area contributed by atoms with E-state index in [1.165, 1.54) is 50.2 Å². The lowest BCUT2D eigenvalue weighted by Crippen LogP contribution is -2.58. The molecule has 2 unspecified atom stereocenters. The molecular formula is C12H22N2S. The van der Waals surface area contributed by atoms with Gasteiger partial charge in [-0.05, 0) is 49.5 Å². The van der Waals surface area contributed by atoms with E-state index in [2.05, 4.69) is 16.7 Å². The normalized spacial score (nSPS) is 39.8. The van der Waals surface area contributed by atoms with Crippen LogP contribution in [0.4, 0.5) is 0 Å². The molecule has 86 valence electrons. The fourth-order valence-electron chi connectivity index (χ4n) is 3.87. The van der Waals surface area contributed by atoms with E-state index in [0.717, 1.165) is 18.5 Å². The minimum absolute atomic E-state index is 0.394. The van der Waals surface area contributed by atoms with Crippen LogP contribution in [0.1, 0.15) is 32.1 Å². The number of thioether (sulfide) groups is 1. The molecule has 0 radical (unpaired) electrons. The van der Waals surface area contributed by atoms with Gasteiger partial charge in [0.25, 0.3) is 0 Å². The Bertz CT molecular complexity index is 238. The van der Waals surface area contributed by atoms with Gasteiger partial charge in [-0.2, -0.15) is 11.8 Å². The molecule has 2 nitrogen and oxygen atoms in total. The number of nitrogens with two attached hydrogens (primary N) is 1. The number of piperidine rings is 1. The molecule has 0 aromatic rings. The van der Waals surface area contributed by atoms with Crippen molar-refractivity contribution in [3.05, 3.63) is 0 Å². The van der Waals surface area contributed by atoms with Gasteiger partial charge in [0.1, 0.15) is 0 Å². The van der Waals surface area contributed by atoms with Crippen molar-refractivity contribution < 1.29 is 0 Å². The van der Waals surface area contributed by atoms with Crippen molar-refractivity contribution in [1.29, 1.82) is 0 Å². The highest BCUT2D eigenvalue weighted by Gasteiger charge is 2.47. The van der Waals surface area contributed by atoms with Gasteiger partial charge < -0.3 is 5.73 Å². The van der Waals surface area contributed by atoms with Gasteiger partial charge in [0.05, 0.1) is 0 Å². The summed E-state index contributed by atoms with van der Waals surface area (Å²) in [5.74, 6) is 3.66. The van der Waals surface area contributed by atoms with Gasteiger partial charge >= 0.3 is 0 Å². The van der Waals surface area contributed by atoms with Crippen LogP contribution in [0.25, 0.3) is 0 Å². The van der Waals surface area contributed by atoms with Crippen molar-refractivity contribution in [3.8, 4) is 0 Å². The molecule has 2 atom stereocenters. The summed E-state index contributed by atoms with van der Waals surface area (Å²) in [5, 5.41) is 0. The summed E-state index contributed by atoms with van der Waals surface area (Å²) in [7, 11) is 0. The molecule has 1 aliphatic carbocycles. The molecule has 2 heterocycles. The first kappa shape index (κ1) is 10.4. The zero-order valence-electron chi connectivity index (χ0n) is 9.45. The predicted molar refractivity (Wildman–Crippen MR) is 66.2 cm³/mol. The van der Waals surface area contributed by atoms with Crippen LogP contribution in [-0.2, 0) is 0 Å². The van der Waals surface area contributed by atoms with E-state index in [-0.39, 0.29) is 0 Å². The molecule has 3 heteroatoms. The van der Waals surface area contributed by atoms with E-state index in [4.69, 9.17) is 5.73 Å². The molecule has 0 spiro atoms. The molecule has 1 saturated carbocycles. The van der Waals surface area contributed by atoms with Gasteiger partial charge in [0, 0.05) is 24.7 Å². The van der Waals surface area contributed by atoms with Crippen LogP contribution in [0.5, 0.6) is 0 Å². The molecule has 15 heavy (non-hydrogen) atoms. The first-order valence-corrected chi connectivity index (χ1v) is 7.54. The second-order valence-electron chi connectivity index (χ2n) is 5.53. The largest absolute Gasteiger partial charge is 0.329 e. The van der Waals surface area contributed by atoms with Crippen molar-refractivity contribution in [3.63, 3.8) is 0 Å². The van der Waals surface area contributed by atoms with Crippen molar-refractivity contribution in [1.82, 2.24) is 4.90 Å². The zero-order chi connectivity index (χ0) is 10.3. The molecular weight excluding hydrogens is 204 g/mol. The van der Waals surface area contributed by atoms with Crippen molar-refractivity contribution >= 4 is 11.8 Å². The maximum absolute atomic E-state index is 6.10. The first-order valence-electron chi connectivity index (χ1n) is 6.39. The summed E-state index contributed by atoms with van der Waals surface area (Å²) < 4.78 is 0. The number of fused-ring (bicyclic) bond motifs is 2. The molecule has 0 aromatic heterocycles. The minimum atomic E-state index is 0.394. The molecule has 2 bridgehead atoms. The van der Waals surface area contributed by atoms with E-state index in [9.17, 15) is 0 Å². The number of likely N-dealkylation sites (tertiary alicyclic amines) is 1. The Morgan fingerprint density at radius 3 is 2.60 bits per heavy atom. The van der Waals surface area contributed by atoms with Crippen LogP contribution < -0.4 is 5.73 Å². The summed E-state index contributed by atoms with van der Waals surface area (Å²) in [4.78, 5) is 2.81. The van der Waals surface area contributed by atoms with Crippen LogP contribution in [0, 0.1) is 5.92 Å². The van der Waals surface area contributed by atoms with Crippen molar-refractivity contribution in [2.24, 2.45) is 11.7 Å². The predicted octanol–water partition coefficient (Wildman–Crippen LogP) is 1.70. The first-order chi connectivity index (χ1) is 7.34. The van der Waals surface area contributed by atoms with Crippen LogP contribution >= 0.6 is 11.8 Å². The van der Waals surface area contributed by atoms with Gasteiger partial charge in [-0.15, -0.1) is 0 Å². The highest BCUT2D eigenvalue weighted by molar-refractivity contribution is 7.99. The summed E-state index contributed by atoms with van der Waals surface area (Å²) in [6, 6.07) is 0.890. The topological polar surface area (TPSA) is 29.3 Å². The Morgan fingerprint density at radius 2 is 2.07 bits per heavy atom. The summed E-state index contributed by atoms with van der Waals surface area (Å²) in [6.45, 7) is 2.24. The maximum atomic E-state index is 6.10. The molecule has 2 aliphatic heterocycles. The summed E-state index contributed by atoms with van der Waals surface area (Å²) >= 11 is 2.11. The Kier molecular flexibility index (Phi) is 2.74. The van der Waals surface area contributed by atoms with E-state index in [1.807, 2.05) is 0 Å². The van der Waals surface area contributed by atoms with E-state index in [0.29, 0.717) is 5.54 Å². The third kappa shape index (κ3) is 1.63. The third-order valence-corrected chi connectivity index (χ3v) is 5.81. The smallest absolute Gasteiger partial charge is 0.0350 e. The quantitative estimate of drug-likeness (QED) is 0.777. The number of nitrogens with zero attached hydrogens (tertiary/aromatic N) is 1. The minimum Gasteiger partial charge on any atom is -0.329 e. The van der Waals surface area contributed by atoms with Gasteiger partial charge in [0.2, 0.25) is 0 Å². The van der Waals surface area contributed by atoms with Crippen molar-refractivity contribution in [2.45, 2.75) is 43.7 Å². The molecule has 2 N–H and O–H groups in total. The van der Waals surface area contributed by atoms with Gasteiger partial charge in [-0.1, -0.05) is 0 Å². The molecule has 0 amide bonds. The molecule has 3 rings (SSSR count). The van der Waals surface area contributed by atoms with Gasteiger partial charge in [0.15, 0.2) is 0 Å². The van der Waals surface area contributed by atoms with E-state index < -0.39 is 0 Å². The van der Waals surface area contributed by atoms with E-state index in [1.54, 1.807) is 0 Å². The number of hydrogen-bond donors (Lipinski definition) is 1. The standard InChI is InChI=1S/C12H22N2S/c13-9-12(3-5-15-6-4-12)14-8-10-1-2-11(14)7-10/h10-11H,1-9,13H2. The molecule has 0 aromatic carbocycles. The summed E-state index contributed by atoms with van der Waals surface area (Å²) in [6.07, 6.45) is 7.06. The van der Waals surface area contributed by atoms with Crippen LogP contribution in [0.15, 0.2) is 0 Å². The lowest BCUT2D eigenvalue weighted by atomic mass is 9.88. The number of rotatable bonds is 2. The number of hydrogen-bond acceptors (Lipinski definition) is 3. The lowest BCUT2D eigenvalue weighted by molar-refractivity contribution is 0.0531. The average Bonchev–Trinajstić information content (AvgIpc) is 2.92. The molecule has 3 aliphatic rings. The SMILES string of the molecule is NCC1(N2CC3CCC2C3)CCSCC1. The molecule has 3 fully saturated rings. The van der Waals surface area contributed by atoms with Gasteiger partial charge in [-0.25, -0.2) is 0 Å². The summed E-state index contributed by atoms with van der Waals surface area (Å²) in [5.41, 5.74) is 6.49.